The second-order valence-corrected chi connectivity index (χ2v) is 5.32. The van der Waals surface area contributed by atoms with Crippen molar-refractivity contribution in [3.05, 3.63) is 16.5 Å². The summed E-state index contributed by atoms with van der Waals surface area (Å²) in [5.41, 5.74) is 0. The molecule has 0 aliphatic carbocycles. The number of anilines is 1. The van der Waals surface area contributed by atoms with E-state index in [9.17, 15) is 8.42 Å². The molecule has 0 aliphatic heterocycles. The lowest BCUT2D eigenvalue weighted by Crippen LogP contribution is -2.20. The molecule has 0 bridgehead atoms. The Morgan fingerprint density at radius 3 is 2.75 bits per heavy atom. The van der Waals surface area contributed by atoms with Gasteiger partial charge in [-0.2, -0.15) is 0 Å². The Kier molecular flexibility index (Phi) is 4.72. The van der Waals surface area contributed by atoms with E-state index < -0.39 is 10.0 Å². The van der Waals surface area contributed by atoms with Gasteiger partial charge in [-0.1, -0.05) is 23.2 Å². The molecule has 90 valence electrons. The van der Waals surface area contributed by atoms with E-state index in [1.165, 1.54) is 7.11 Å². The number of nitrogens with zero attached hydrogens (tertiary/aromatic N) is 2. The molecule has 16 heavy (non-hydrogen) atoms. The molecule has 1 aromatic rings. The van der Waals surface area contributed by atoms with Gasteiger partial charge in [-0.05, 0) is 0 Å². The van der Waals surface area contributed by atoms with Crippen LogP contribution in [-0.2, 0) is 14.8 Å². The van der Waals surface area contributed by atoms with Gasteiger partial charge in [0.05, 0.1) is 12.4 Å². The Morgan fingerprint density at radius 2 is 2.12 bits per heavy atom. The summed E-state index contributed by atoms with van der Waals surface area (Å²) in [7, 11) is -2.14. The van der Waals surface area contributed by atoms with E-state index >= 15 is 0 Å². The van der Waals surface area contributed by atoms with E-state index in [1.807, 2.05) is 0 Å². The van der Waals surface area contributed by atoms with Crippen LogP contribution in [0, 0.1) is 0 Å². The maximum atomic E-state index is 11.5. The van der Waals surface area contributed by atoms with Crippen molar-refractivity contribution in [1.29, 1.82) is 0 Å². The molecule has 9 heteroatoms. The first-order valence-electron chi connectivity index (χ1n) is 4.11. The molecule has 1 heterocycles. The van der Waals surface area contributed by atoms with Crippen LogP contribution in [0.15, 0.2) is 6.33 Å². The Morgan fingerprint density at radius 1 is 1.44 bits per heavy atom. The van der Waals surface area contributed by atoms with Crippen molar-refractivity contribution in [3.63, 3.8) is 0 Å². The van der Waals surface area contributed by atoms with Crippen molar-refractivity contribution >= 4 is 39.0 Å². The average molecular weight is 286 g/mol. The highest BCUT2D eigenvalue weighted by molar-refractivity contribution is 7.92. The lowest BCUT2D eigenvalue weighted by Gasteiger charge is -2.08. The fourth-order valence-corrected chi connectivity index (χ4v) is 2.08. The van der Waals surface area contributed by atoms with Crippen molar-refractivity contribution in [1.82, 2.24) is 9.97 Å². The summed E-state index contributed by atoms with van der Waals surface area (Å²) < 4.78 is 29.8. The highest BCUT2D eigenvalue weighted by atomic mass is 35.5. The second-order valence-electron chi connectivity index (χ2n) is 2.74. The first-order chi connectivity index (χ1) is 7.46. The van der Waals surface area contributed by atoms with Gasteiger partial charge in [0.1, 0.15) is 11.3 Å². The van der Waals surface area contributed by atoms with Gasteiger partial charge in [-0.25, -0.2) is 18.4 Å². The molecule has 0 unspecified atom stereocenters. The van der Waals surface area contributed by atoms with Crippen molar-refractivity contribution in [2.75, 3.05) is 24.2 Å². The summed E-state index contributed by atoms with van der Waals surface area (Å²) in [5, 5.41) is -0.0498. The maximum Gasteiger partial charge on any atom is 0.236 e. The third-order valence-electron chi connectivity index (χ3n) is 1.56. The molecular formula is C7H9Cl2N3O3S. The van der Waals surface area contributed by atoms with Crippen LogP contribution >= 0.6 is 23.2 Å². The molecule has 0 amide bonds. The number of rotatable bonds is 5. The molecule has 1 rings (SSSR count). The number of methoxy groups -OCH3 is 1. The summed E-state index contributed by atoms with van der Waals surface area (Å²) in [5.74, 6) is -0.237. The van der Waals surface area contributed by atoms with Crippen molar-refractivity contribution < 1.29 is 13.2 Å². The molecule has 1 aromatic heterocycles. The highest BCUT2D eigenvalue weighted by Gasteiger charge is 2.15. The van der Waals surface area contributed by atoms with E-state index in [0.717, 1.165) is 6.33 Å². The quantitative estimate of drug-likeness (QED) is 0.822. The van der Waals surface area contributed by atoms with E-state index in [2.05, 4.69) is 19.4 Å². The molecule has 0 fully saturated rings. The minimum absolute atomic E-state index is 0.0129. The predicted molar refractivity (Wildman–Crippen MR) is 61.3 cm³/mol. The van der Waals surface area contributed by atoms with Crippen LogP contribution in [0.1, 0.15) is 0 Å². The molecule has 0 aliphatic rings. The lowest BCUT2D eigenvalue weighted by atomic mass is 10.6. The van der Waals surface area contributed by atoms with E-state index in [-0.39, 0.29) is 28.4 Å². The predicted octanol–water partition coefficient (Wildman–Crippen LogP) is 1.17. The Bertz CT molecular complexity index is 466. The van der Waals surface area contributed by atoms with Crippen LogP contribution in [-0.4, -0.2) is 37.9 Å². The van der Waals surface area contributed by atoms with Gasteiger partial charge >= 0.3 is 0 Å². The molecule has 1 N–H and O–H groups in total. The molecule has 0 spiro atoms. The van der Waals surface area contributed by atoms with Crippen molar-refractivity contribution in [2.45, 2.75) is 0 Å². The van der Waals surface area contributed by atoms with Crippen molar-refractivity contribution in [3.8, 4) is 0 Å². The Hall–Kier alpha value is -0.630. The minimum atomic E-state index is -3.54. The standard InChI is InChI=1S/C7H9Cl2N3O3S/c1-15-2-3-16(13,14)12-7-5(8)6(9)10-4-11-7/h4H,2-3H2,1H3,(H,10,11,12). The molecule has 0 saturated heterocycles. The number of aromatic nitrogens is 2. The van der Waals surface area contributed by atoms with E-state index in [1.54, 1.807) is 0 Å². The average Bonchev–Trinajstić information content (AvgIpc) is 2.22. The second kappa shape index (κ2) is 5.62. The van der Waals surface area contributed by atoms with Crippen LogP contribution < -0.4 is 4.72 Å². The molecule has 0 radical (unpaired) electrons. The van der Waals surface area contributed by atoms with Crippen LogP contribution in [0.4, 0.5) is 5.82 Å². The Balaban J connectivity index is 2.84. The number of nitrogens with one attached hydrogen (secondary N) is 1. The van der Waals surface area contributed by atoms with Gasteiger partial charge in [0.2, 0.25) is 10.0 Å². The number of hydrogen-bond donors (Lipinski definition) is 1. The van der Waals surface area contributed by atoms with Crippen LogP contribution in [0.25, 0.3) is 0 Å². The number of halogens is 2. The largest absolute Gasteiger partial charge is 0.384 e. The summed E-state index contributed by atoms with van der Waals surface area (Å²) in [4.78, 5) is 7.27. The van der Waals surface area contributed by atoms with Gasteiger partial charge < -0.3 is 4.74 Å². The van der Waals surface area contributed by atoms with Gasteiger partial charge in [0, 0.05) is 7.11 Å². The van der Waals surface area contributed by atoms with E-state index in [4.69, 9.17) is 23.2 Å². The lowest BCUT2D eigenvalue weighted by molar-refractivity contribution is 0.217. The topological polar surface area (TPSA) is 81.2 Å². The van der Waals surface area contributed by atoms with Crippen molar-refractivity contribution in [2.24, 2.45) is 0 Å². The third-order valence-corrected chi connectivity index (χ3v) is 3.51. The molecule has 0 aromatic carbocycles. The molecule has 0 saturated carbocycles. The summed E-state index contributed by atoms with van der Waals surface area (Å²) in [6, 6.07) is 0. The third kappa shape index (κ3) is 3.75. The summed E-state index contributed by atoms with van der Waals surface area (Å²) in [6.07, 6.45) is 1.11. The maximum absolute atomic E-state index is 11.5. The zero-order valence-corrected chi connectivity index (χ0v) is 10.6. The minimum Gasteiger partial charge on any atom is -0.384 e. The summed E-state index contributed by atoms with van der Waals surface area (Å²) >= 11 is 11.3. The fraction of sp³-hybridized carbons (Fsp3) is 0.429. The molecule has 6 nitrogen and oxygen atoms in total. The zero-order chi connectivity index (χ0) is 12.2. The van der Waals surface area contributed by atoms with Crippen LogP contribution in [0.5, 0.6) is 0 Å². The van der Waals surface area contributed by atoms with Crippen LogP contribution in [0.2, 0.25) is 10.2 Å². The zero-order valence-electron chi connectivity index (χ0n) is 8.27. The molecule has 0 atom stereocenters. The SMILES string of the molecule is COCCS(=O)(=O)Nc1ncnc(Cl)c1Cl. The first-order valence-corrected chi connectivity index (χ1v) is 6.52. The smallest absolute Gasteiger partial charge is 0.236 e. The highest BCUT2D eigenvalue weighted by Crippen LogP contribution is 2.25. The van der Waals surface area contributed by atoms with E-state index in [0.29, 0.717) is 0 Å². The number of sulfonamides is 1. The fourth-order valence-electron chi connectivity index (χ4n) is 0.811. The Labute approximate surface area is 103 Å². The van der Waals surface area contributed by atoms with Gasteiger partial charge in [0.25, 0.3) is 0 Å². The normalized spacial score (nSPS) is 11.4. The first kappa shape index (κ1) is 13.4. The van der Waals surface area contributed by atoms with Gasteiger partial charge in [-0.15, -0.1) is 0 Å². The van der Waals surface area contributed by atoms with Crippen LogP contribution in [0.3, 0.4) is 0 Å². The number of ether oxygens (including phenoxy) is 1. The monoisotopic (exact) mass is 285 g/mol. The van der Waals surface area contributed by atoms with Gasteiger partial charge in [-0.3, -0.25) is 4.72 Å². The molecular weight excluding hydrogens is 277 g/mol. The summed E-state index contributed by atoms with van der Waals surface area (Å²) in [6.45, 7) is 0.0752. The number of hydrogen-bond acceptors (Lipinski definition) is 5. The van der Waals surface area contributed by atoms with Gasteiger partial charge in [0.15, 0.2) is 11.0 Å².